The highest BCUT2D eigenvalue weighted by Crippen LogP contribution is 2.31. The van der Waals surface area contributed by atoms with Crippen molar-refractivity contribution in [2.45, 2.75) is 101 Å². The molecule has 28 heavy (non-hydrogen) atoms. The highest BCUT2D eigenvalue weighted by molar-refractivity contribution is 5.80. The van der Waals surface area contributed by atoms with E-state index in [1.807, 2.05) is 0 Å². The Morgan fingerprint density at radius 3 is 1.21 bits per heavy atom. The van der Waals surface area contributed by atoms with E-state index in [0.717, 1.165) is 12.8 Å². The Hall–Kier alpha value is -1.34. The molecular formula is C20H30F4N2O2. The molecule has 3 aliphatic rings. The molecule has 6 atom stereocenters. The van der Waals surface area contributed by atoms with Gasteiger partial charge < -0.3 is 10.6 Å². The predicted molar refractivity (Wildman–Crippen MR) is 96.6 cm³/mol. The molecule has 3 saturated carbocycles. The number of hydrogen-bond donors (Lipinski definition) is 2. The van der Waals surface area contributed by atoms with Crippen molar-refractivity contribution >= 4 is 11.8 Å². The summed E-state index contributed by atoms with van der Waals surface area (Å²) in [6.07, 6.45) is -2.40. The van der Waals surface area contributed by atoms with Crippen molar-refractivity contribution in [3.8, 4) is 0 Å². The lowest BCUT2D eigenvalue weighted by Gasteiger charge is -2.36. The van der Waals surface area contributed by atoms with Gasteiger partial charge in [-0.25, -0.2) is 17.6 Å². The fourth-order valence-corrected chi connectivity index (χ4v) is 4.87. The summed E-state index contributed by atoms with van der Waals surface area (Å²) in [6, 6.07) is -0.650. The molecule has 0 aromatic rings. The van der Waals surface area contributed by atoms with E-state index in [2.05, 4.69) is 10.6 Å². The molecule has 2 amide bonds. The van der Waals surface area contributed by atoms with Gasteiger partial charge >= 0.3 is 0 Å². The number of carbonyl (C=O) groups is 2. The zero-order valence-corrected chi connectivity index (χ0v) is 16.0. The van der Waals surface area contributed by atoms with E-state index in [9.17, 15) is 27.2 Å². The molecule has 8 heteroatoms. The molecule has 3 rings (SSSR count). The van der Waals surface area contributed by atoms with Crippen LogP contribution in [-0.4, -0.2) is 48.6 Å². The van der Waals surface area contributed by atoms with Crippen LogP contribution in [0.1, 0.15) is 64.2 Å². The fourth-order valence-electron chi connectivity index (χ4n) is 4.87. The molecule has 0 aromatic heterocycles. The van der Waals surface area contributed by atoms with E-state index < -0.39 is 36.5 Å². The van der Waals surface area contributed by atoms with Crippen LogP contribution >= 0.6 is 0 Å². The van der Waals surface area contributed by atoms with E-state index >= 15 is 0 Å². The van der Waals surface area contributed by atoms with Crippen molar-refractivity contribution in [3.63, 3.8) is 0 Å². The fraction of sp³-hybridized carbons (Fsp3) is 0.900. The number of halogens is 4. The maximum absolute atomic E-state index is 13.6. The Labute approximate surface area is 163 Å². The maximum atomic E-state index is 13.6. The second kappa shape index (κ2) is 9.44. The van der Waals surface area contributed by atoms with E-state index in [1.165, 1.54) is 0 Å². The van der Waals surface area contributed by atoms with Gasteiger partial charge in [-0.05, 0) is 38.5 Å². The third-order valence-corrected chi connectivity index (χ3v) is 6.35. The first kappa shape index (κ1) is 21.4. The zero-order valence-electron chi connectivity index (χ0n) is 16.0. The van der Waals surface area contributed by atoms with Crippen molar-refractivity contribution in [3.05, 3.63) is 0 Å². The van der Waals surface area contributed by atoms with E-state index in [0.29, 0.717) is 12.8 Å². The Kier molecular flexibility index (Phi) is 7.20. The largest absolute Gasteiger partial charge is 0.351 e. The van der Waals surface area contributed by atoms with E-state index in [4.69, 9.17) is 0 Å². The van der Waals surface area contributed by atoms with Crippen molar-refractivity contribution < 1.29 is 27.2 Å². The van der Waals surface area contributed by atoms with Crippen LogP contribution in [0.2, 0.25) is 0 Å². The van der Waals surface area contributed by atoms with Crippen molar-refractivity contribution in [2.24, 2.45) is 11.8 Å². The molecule has 0 radical (unpaired) electrons. The molecule has 4 nitrogen and oxygen atoms in total. The average molecular weight is 406 g/mol. The smallest absolute Gasteiger partial charge is 0.223 e. The third kappa shape index (κ3) is 5.60. The summed E-state index contributed by atoms with van der Waals surface area (Å²) in [5.74, 6) is -2.15. The van der Waals surface area contributed by atoms with Gasteiger partial charge in [0.25, 0.3) is 0 Å². The number of hydrogen-bond acceptors (Lipinski definition) is 2. The van der Waals surface area contributed by atoms with Crippen LogP contribution in [0.25, 0.3) is 0 Å². The molecule has 0 saturated heterocycles. The predicted octanol–water partition coefficient (Wildman–Crippen LogP) is 3.48. The summed E-state index contributed by atoms with van der Waals surface area (Å²) in [4.78, 5) is 25.0. The molecule has 3 aliphatic carbocycles. The number of carbonyl (C=O) groups excluding carboxylic acids is 2. The minimum atomic E-state index is -1.31. The lowest BCUT2D eigenvalue weighted by Crippen LogP contribution is -2.56. The molecule has 0 spiro atoms. The highest BCUT2D eigenvalue weighted by atomic mass is 19.2. The molecule has 6 unspecified atom stereocenters. The Morgan fingerprint density at radius 1 is 0.571 bits per heavy atom. The Balaban J connectivity index is 1.56. The molecule has 160 valence electrons. The molecular weight excluding hydrogens is 376 g/mol. The van der Waals surface area contributed by atoms with Crippen molar-refractivity contribution in [1.82, 2.24) is 10.6 Å². The van der Waals surface area contributed by atoms with Crippen LogP contribution in [0, 0.1) is 11.8 Å². The summed E-state index contributed by atoms with van der Waals surface area (Å²) in [5.41, 5.74) is 0. The molecule has 3 fully saturated rings. The van der Waals surface area contributed by atoms with Crippen LogP contribution in [0.3, 0.4) is 0 Å². The summed E-state index contributed by atoms with van der Waals surface area (Å²) >= 11 is 0. The number of rotatable bonds is 4. The monoisotopic (exact) mass is 406 g/mol. The zero-order chi connectivity index (χ0) is 20.3. The van der Waals surface area contributed by atoms with Crippen LogP contribution < -0.4 is 10.6 Å². The molecule has 0 aromatic carbocycles. The van der Waals surface area contributed by atoms with Gasteiger partial charge in [-0.15, -0.1) is 0 Å². The lowest BCUT2D eigenvalue weighted by atomic mass is 9.84. The highest BCUT2D eigenvalue weighted by Gasteiger charge is 2.38. The SMILES string of the molecule is O=C(NC1CCCCC1NC(=O)C1CC(F)CC(F)C1)C1CC(F)CC(F)C1. The van der Waals surface area contributed by atoms with Gasteiger partial charge in [-0.2, -0.15) is 0 Å². The maximum Gasteiger partial charge on any atom is 0.223 e. The van der Waals surface area contributed by atoms with Crippen LogP contribution in [0.15, 0.2) is 0 Å². The van der Waals surface area contributed by atoms with Crippen LogP contribution in [0.4, 0.5) is 17.6 Å². The summed E-state index contributed by atoms with van der Waals surface area (Å²) in [6.45, 7) is 0. The van der Waals surface area contributed by atoms with Crippen molar-refractivity contribution in [1.29, 1.82) is 0 Å². The Morgan fingerprint density at radius 2 is 0.893 bits per heavy atom. The standard InChI is InChI=1S/C20H30F4N2O2/c21-13-5-11(6-14(22)9-13)19(27)25-17-3-1-2-4-18(17)26-20(28)12-7-15(23)10-16(24)8-12/h11-18H,1-10H2,(H,25,27)(H,26,28). The first-order valence-electron chi connectivity index (χ1n) is 10.5. The molecule has 0 heterocycles. The summed E-state index contributed by atoms with van der Waals surface area (Å²) < 4.78 is 54.4. The normalized spacial score (nSPS) is 41.9. The van der Waals surface area contributed by atoms with Crippen LogP contribution in [0.5, 0.6) is 0 Å². The van der Waals surface area contributed by atoms with Gasteiger partial charge in [-0.1, -0.05) is 12.8 Å². The topological polar surface area (TPSA) is 58.2 Å². The Bertz CT molecular complexity index is 496. The van der Waals surface area contributed by atoms with Gasteiger partial charge in [0.1, 0.15) is 24.7 Å². The van der Waals surface area contributed by atoms with Crippen molar-refractivity contribution in [2.75, 3.05) is 0 Å². The molecule has 2 N–H and O–H groups in total. The van der Waals surface area contributed by atoms with Crippen LogP contribution in [-0.2, 0) is 9.59 Å². The van der Waals surface area contributed by atoms with Gasteiger partial charge in [0.2, 0.25) is 11.8 Å². The quantitative estimate of drug-likeness (QED) is 0.703. The first-order chi connectivity index (χ1) is 13.3. The summed E-state index contributed by atoms with van der Waals surface area (Å²) in [5, 5.41) is 5.74. The van der Waals surface area contributed by atoms with Gasteiger partial charge in [0.05, 0.1) is 0 Å². The third-order valence-electron chi connectivity index (χ3n) is 6.35. The van der Waals surface area contributed by atoms with Gasteiger partial charge in [0, 0.05) is 36.8 Å². The van der Waals surface area contributed by atoms with Gasteiger partial charge in [-0.3, -0.25) is 9.59 Å². The second-order valence-corrected chi connectivity index (χ2v) is 8.71. The minimum absolute atomic E-state index is 0.0217. The molecule has 0 bridgehead atoms. The molecule has 0 aliphatic heterocycles. The van der Waals surface area contributed by atoms with E-state index in [-0.39, 0.29) is 62.4 Å². The number of alkyl halides is 4. The van der Waals surface area contributed by atoms with Gasteiger partial charge in [0.15, 0.2) is 0 Å². The summed E-state index contributed by atoms with van der Waals surface area (Å²) in [7, 11) is 0. The lowest BCUT2D eigenvalue weighted by molar-refractivity contribution is -0.131. The first-order valence-corrected chi connectivity index (χ1v) is 10.5. The minimum Gasteiger partial charge on any atom is -0.351 e. The average Bonchev–Trinajstić information content (AvgIpc) is 2.61. The number of nitrogens with one attached hydrogen (secondary N) is 2. The second-order valence-electron chi connectivity index (χ2n) is 8.71. The number of amides is 2. The van der Waals surface area contributed by atoms with E-state index in [1.54, 1.807) is 0 Å².